The lowest BCUT2D eigenvalue weighted by Gasteiger charge is -2.24. The average molecular weight is 700 g/mol. The zero-order valence-electron chi connectivity index (χ0n) is 28.7. The summed E-state index contributed by atoms with van der Waals surface area (Å²) in [7, 11) is 0. The first-order valence-corrected chi connectivity index (χ1v) is 16.3. The van der Waals surface area contributed by atoms with Crippen molar-refractivity contribution in [3.63, 3.8) is 0 Å². The Bertz CT molecular complexity index is 1140. The normalized spacial score (nSPS) is 13.8. The third kappa shape index (κ3) is 21.0. The van der Waals surface area contributed by atoms with Crippen LogP contribution >= 0.6 is 0 Å². The molecular formula is C29H57N13O7. The monoisotopic (exact) mass is 699 g/mol. The molecule has 5 atom stereocenters. The van der Waals surface area contributed by atoms with Crippen molar-refractivity contribution in [3.05, 3.63) is 0 Å². The Morgan fingerprint density at radius 1 is 0.653 bits per heavy atom. The van der Waals surface area contributed by atoms with Gasteiger partial charge in [-0.3, -0.25) is 34.0 Å². The van der Waals surface area contributed by atoms with Gasteiger partial charge in [-0.15, -0.1) is 0 Å². The largest absolute Gasteiger partial charge is 0.480 e. The highest BCUT2D eigenvalue weighted by molar-refractivity contribution is 5.95. The summed E-state index contributed by atoms with van der Waals surface area (Å²) >= 11 is 0. The number of hydrogen-bond acceptors (Lipinski definition) is 10. The molecule has 0 saturated carbocycles. The minimum Gasteiger partial charge on any atom is -0.480 e. The molecule has 0 radical (unpaired) electrons. The molecule has 0 saturated heterocycles. The maximum Gasteiger partial charge on any atom is 0.326 e. The van der Waals surface area contributed by atoms with Crippen LogP contribution in [0, 0.1) is 5.92 Å². The van der Waals surface area contributed by atoms with Crippen LogP contribution in [0.3, 0.4) is 0 Å². The number of carbonyl (C=O) groups is 6. The van der Waals surface area contributed by atoms with E-state index in [2.05, 4.69) is 36.6 Å². The maximum absolute atomic E-state index is 13.0. The summed E-state index contributed by atoms with van der Waals surface area (Å²) in [4.78, 5) is 83.5. The smallest absolute Gasteiger partial charge is 0.326 e. The Balaban J connectivity index is 5.21. The number of hydrogen-bond donors (Lipinski definition) is 12. The molecule has 0 fully saturated rings. The Morgan fingerprint density at radius 3 is 1.71 bits per heavy atom. The van der Waals surface area contributed by atoms with E-state index in [4.69, 9.17) is 34.4 Å². The molecule has 0 spiro atoms. The first-order chi connectivity index (χ1) is 23.0. The van der Waals surface area contributed by atoms with Crippen molar-refractivity contribution in [1.29, 1.82) is 0 Å². The highest BCUT2D eigenvalue weighted by Crippen LogP contribution is 2.08. The number of amides is 5. The molecule has 280 valence electrons. The van der Waals surface area contributed by atoms with Gasteiger partial charge in [-0.2, -0.15) is 0 Å². The van der Waals surface area contributed by atoms with Gasteiger partial charge in [0.15, 0.2) is 11.9 Å². The van der Waals surface area contributed by atoms with Gasteiger partial charge in [-0.25, -0.2) is 4.79 Å². The first-order valence-electron chi connectivity index (χ1n) is 16.3. The van der Waals surface area contributed by atoms with Crippen molar-refractivity contribution in [3.8, 4) is 0 Å². The second-order valence-corrected chi connectivity index (χ2v) is 11.9. The molecule has 18 N–H and O–H groups in total. The topological polar surface area (TPSA) is 364 Å². The van der Waals surface area contributed by atoms with E-state index in [1.54, 1.807) is 0 Å². The molecule has 0 unspecified atom stereocenters. The minimum absolute atomic E-state index is 0.0451. The fraction of sp³-hybridized carbons (Fsp3) is 0.724. The third-order valence-electron chi connectivity index (χ3n) is 6.98. The molecule has 0 aliphatic rings. The molecule has 0 aliphatic heterocycles. The molecule has 0 rings (SSSR count). The molecule has 0 aromatic heterocycles. The fourth-order valence-corrected chi connectivity index (χ4v) is 4.37. The van der Waals surface area contributed by atoms with Crippen molar-refractivity contribution in [2.24, 2.45) is 50.3 Å². The summed E-state index contributed by atoms with van der Waals surface area (Å²) in [6.45, 7) is 5.35. The van der Waals surface area contributed by atoms with Crippen LogP contribution in [-0.4, -0.2) is 109 Å². The molecule has 49 heavy (non-hydrogen) atoms. The van der Waals surface area contributed by atoms with Gasteiger partial charge in [0.1, 0.15) is 24.2 Å². The number of carboxylic acids is 1. The van der Waals surface area contributed by atoms with E-state index in [1.165, 1.54) is 6.92 Å². The number of aliphatic carboxylic acids is 1. The standard InChI is InChI=1S/C29H57N13O7/c1-16(2)14-21(26(47)41-20(27(48)49)10-7-13-37-29(34)35)42-23(44)17(3)39-22(43)15-38-25(46)19(9-4-5-11-30)40-24(45)18(31)8-6-12-36-28(32)33/h16-21H,4-15,30-31H2,1-3H3,(H,38,46)(H,39,43)(H,40,45)(H,41,47)(H,42,44)(H,48,49)(H4,32,33,36)(H4,34,35,37)/t17-,18-,19-,20-,21-/m0/s1. The summed E-state index contributed by atoms with van der Waals surface area (Å²) in [6, 6.07) is -5.38. The van der Waals surface area contributed by atoms with Crippen LogP contribution in [0.2, 0.25) is 0 Å². The molecule has 20 heteroatoms. The van der Waals surface area contributed by atoms with Gasteiger partial charge in [0.05, 0.1) is 12.6 Å². The highest BCUT2D eigenvalue weighted by atomic mass is 16.4. The lowest BCUT2D eigenvalue weighted by atomic mass is 10.0. The Morgan fingerprint density at radius 2 is 1.18 bits per heavy atom. The Labute approximate surface area is 286 Å². The Kier molecular flexibility index (Phi) is 22.1. The number of rotatable bonds is 25. The number of nitrogens with one attached hydrogen (secondary N) is 5. The van der Waals surface area contributed by atoms with E-state index in [0.29, 0.717) is 25.8 Å². The fourth-order valence-electron chi connectivity index (χ4n) is 4.37. The summed E-state index contributed by atoms with van der Waals surface area (Å²) in [5.74, 6) is -4.86. The van der Waals surface area contributed by atoms with Crippen molar-refractivity contribution >= 4 is 47.4 Å². The van der Waals surface area contributed by atoms with Gasteiger partial charge in [0.25, 0.3) is 0 Å². The predicted octanol–water partition coefficient (Wildman–Crippen LogP) is -4.24. The van der Waals surface area contributed by atoms with Gasteiger partial charge in [0.2, 0.25) is 29.5 Å². The first kappa shape index (κ1) is 44.3. The van der Waals surface area contributed by atoms with Crippen LogP contribution in [0.15, 0.2) is 9.98 Å². The lowest BCUT2D eigenvalue weighted by Crippen LogP contribution is -2.56. The number of carboxylic acid groups (broad SMARTS) is 1. The van der Waals surface area contributed by atoms with E-state index < -0.39 is 72.3 Å². The minimum atomic E-state index is -1.26. The van der Waals surface area contributed by atoms with Gasteiger partial charge in [-0.05, 0) is 70.8 Å². The summed E-state index contributed by atoms with van der Waals surface area (Å²) < 4.78 is 0. The maximum atomic E-state index is 13.0. The molecule has 20 nitrogen and oxygen atoms in total. The van der Waals surface area contributed by atoms with Gasteiger partial charge in [0, 0.05) is 13.1 Å². The van der Waals surface area contributed by atoms with E-state index >= 15 is 0 Å². The SMILES string of the molecule is CC(C)C[C@H](NC(=O)[C@H](C)NC(=O)CNC(=O)[C@H](CCCCN)NC(=O)[C@@H](N)CCCN=C(N)N)C(=O)N[C@@H](CCCN=C(N)N)C(=O)O. The molecular weight excluding hydrogens is 642 g/mol. The van der Waals surface area contributed by atoms with Crippen LogP contribution in [0.5, 0.6) is 0 Å². The van der Waals surface area contributed by atoms with Crippen LogP contribution < -0.4 is 61.0 Å². The van der Waals surface area contributed by atoms with Crippen molar-refractivity contribution in [2.45, 2.75) is 102 Å². The number of nitrogens with two attached hydrogens (primary N) is 6. The van der Waals surface area contributed by atoms with Crippen molar-refractivity contribution in [1.82, 2.24) is 26.6 Å². The second kappa shape index (κ2) is 24.4. The molecule has 0 heterocycles. The van der Waals surface area contributed by atoms with Crippen molar-refractivity contribution in [2.75, 3.05) is 26.2 Å². The third-order valence-corrected chi connectivity index (χ3v) is 6.98. The summed E-state index contributed by atoms with van der Waals surface area (Å²) in [6.07, 6.45) is 2.59. The second-order valence-electron chi connectivity index (χ2n) is 11.9. The number of carbonyl (C=O) groups excluding carboxylic acids is 5. The van der Waals surface area contributed by atoms with E-state index in [9.17, 15) is 33.9 Å². The zero-order valence-corrected chi connectivity index (χ0v) is 28.7. The quantitative estimate of drug-likeness (QED) is 0.0244. The highest BCUT2D eigenvalue weighted by Gasteiger charge is 2.29. The molecule has 0 aromatic carbocycles. The summed E-state index contributed by atoms with van der Waals surface area (Å²) in [5, 5.41) is 22.1. The Hall–Kier alpha value is -4.72. The lowest BCUT2D eigenvalue weighted by molar-refractivity contribution is -0.142. The van der Waals surface area contributed by atoms with Gasteiger partial charge < -0.3 is 66.1 Å². The van der Waals surface area contributed by atoms with Crippen molar-refractivity contribution < 1.29 is 33.9 Å². The van der Waals surface area contributed by atoms with Crippen LogP contribution in [0.1, 0.15) is 72.1 Å². The molecule has 0 aliphatic carbocycles. The number of nitrogens with zero attached hydrogens (tertiary/aromatic N) is 2. The van der Waals surface area contributed by atoms with Crippen LogP contribution in [0.4, 0.5) is 0 Å². The predicted molar refractivity (Wildman–Crippen MR) is 184 cm³/mol. The zero-order chi connectivity index (χ0) is 37.5. The number of aliphatic imine (C=N–C) groups is 2. The van der Waals surface area contributed by atoms with Crippen LogP contribution in [-0.2, 0) is 28.8 Å². The average Bonchev–Trinajstić information content (AvgIpc) is 3.01. The van der Waals surface area contributed by atoms with E-state index in [1.807, 2.05) is 13.8 Å². The number of guanidine groups is 2. The van der Waals surface area contributed by atoms with E-state index in [-0.39, 0.29) is 63.0 Å². The summed E-state index contributed by atoms with van der Waals surface area (Å²) in [5.41, 5.74) is 32.6. The molecule has 0 aromatic rings. The van der Waals surface area contributed by atoms with Gasteiger partial charge in [-0.1, -0.05) is 13.8 Å². The van der Waals surface area contributed by atoms with Crippen LogP contribution in [0.25, 0.3) is 0 Å². The molecule has 5 amide bonds. The van der Waals surface area contributed by atoms with Gasteiger partial charge >= 0.3 is 5.97 Å². The molecule has 0 bridgehead atoms. The van der Waals surface area contributed by atoms with E-state index in [0.717, 1.165) is 0 Å². The number of unbranched alkanes of at least 4 members (excludes halogenated alkanes) is 1.